The maximum absolute atomic E-state index is 13.5. The first-order valence-corrected chi connectivity index (χ1v) is 10.8. The van der Waals surface area contributed by atoms with Crippen LogP contribution in [0.3, 0.4) is 0 Å². The van der Waals surface area contributed by atoms with Crippen molar-refractivity contribution in [3.05, 3.63) is 77.5 Å². The molecular weight excluding hydrogens is 422 g/mol. The molecule has 1 aliphatic rings. The zero-order valence-corrected chi connectivity index (χ0v) is 19.0. The van der Waals surface area contributed by atoms with Crippen molar-refractivity contribution in [3.8, 4) is 11.5 Å². The first-order chi connectivity index (χ1) is 15.5. The minimum Gasteiger partial charge on any atom is -0.496 e. The van der Waals surface area contributed by atoms with Gasteiger partial charge in [-0.05, 0) is 67.2 Å². The fourth-order valence-electron chi connectivity index (χ4n) is 3.96. The Morgan fingerprint density at radius 1 is 1.09 bits per heavy atom. The standard InChI is InChI=1S/C25H25N3O3S/c1-4-31-18-12-10-17(11-13-18)27-24(29)21-15(2)26-25(32)28-23(21)22-19-8-6-5-7-16(19)9-14-20(22)30-3/h5-14,23H,4H2,1-3H3,(H,27,29)(H2,26,28,32)/t23-/m1/s1. The van der Waals surface area contributed by atoms with Crippen LogP contribution in [0.4, 0.5) is 5.69 Å². The number of hydrogen-bond acceptors (Lipinski definition) is 4. The first-order valence-electron chi connectivity index (χ1n) is 10.4. The van der Waals surface area contributed by atoms with E-state index in [-0.39, 0.29) is 5.91 Å². The third-order valence-corrected chi connectivity index (χ3v) is 5.60. The SMILES string of the molecule is CCOc1ccc(NC(=O)C2=C(C)NC(=S)N[C@H]2c2c(OC)ccc3ccccc23)cc1. The van der Waals surface area contributed by atoms with Gasteiger partial charge >= 0.3 is 0 Å². The molecule has 3 aromatic rings. The average Bonchev–Trinajstić information content (AvgIpc) is 2.79. The van der Waals surface area contributed by atoms with Gasteiger partial charge in [0.25, 0.3) is 5.91 Å². The Labute approximate surface area is 192 Å². The van der Waals surface area contributed by atoms with E-state index in [0.717, 1.165) is 22.1 Å². The van der Waals surface area contributed by atoms with Gasteiger partial charge in [0.15, 0.2) is 5.11 Å². The molecule has 0 spiro atoms. The second-order valence-electron chi connectivity index (χ2n) is 7.38. The lowest BCUT2D eigenvalue weighted by Crippen LogP contribution is -2.46. The number of benzene rings is 3. The number of methoxy groups -OCH3 is 1. The number of carbonyl (C=O) groups excluding carboxylic acids is 1. The van der Waals surface area contributed by atoms with Gasteiger partial charge in [0.1, 0.15) is 11.5 Å². The van der Waals surface area contributed by atoms with Gasteiger partial charge in [-0.1, -0.05) is 30.3 Å². The summed E-state index contributed by atoms with van der Waals surface area (Å²) < 4.78 is 11.2. The number of fused-ring (bicyclic) bond motifs is 1. The topological polar surface area (TPSA) is 71.6 Å². The number of carbonyl (C=O) groups is 1. The molecule has 164 valence electrons. The van der Waals surface area contributed by atoms with Crippen LogP contribution in [0.25, 0.3) is 10.8 Å². The predicted molar refractivity (Wildman–Crippen MR) is 131 cm³/mol. The minimum absolute atomic E-state index is 0.228. The van der Waals surface area contributed by atoms with Gasteiger partial charge in [0, 0.05) is 16.9 Å². The summed E-state index contributed by atoms with van der Waals surface area (Å²) in [6.07, 6.45) is 0. The van der Waals surface area contributed by atoms with Gasteiger partial charge < -0.3 is 25.4 Å². The van der Waals surface area contributed by atoms with Gasteiger partial charge in [0.05, 0.1) is 25.3 Å². The van der Waals surface area contributed by atoms with E-state index in [9.17, 15) is 4.79 Å². The second-order valence-corrected chi connectivity index (χ2v) is 7.79. The van der Waals surface area contributed by atoms with Crippen molar-refractivity contribution in [1.29, 1.82) is 0 Å². The monoisotopic (exact) mass is 447 g/mol. The van der Waals surface area contributed by atoms with Gasteiger partial charge in [-0.3, -0.25) is 4.79 Å². The van der Waals surface area contributed by atoms with E-state index >= 15 is 0 Å². The fraction of sp³-hybridized carbons (Fsp3) is 0.200. The molecule has 0 aliphatic carbocycles. The van der Waals surface area contributed by atoms with E-state index in [2.05, 4.69) is 16.0 Å². The Bertz CT molecular complexity index is 1200. The van der Waals surface area contributed by atoms with Crippen LogP contribution in [-0.2, 0) is 4.79 Å². The molecule has 32 heavy (non-hydrogen) atoms. The molecule has 1 amide bonds. The van der Waals surface area contributed by atoms with Crippen molar-refractivity contribution in [3.63, 3.8) is 0 Å². The number of rotatable bonds is 6. The zero-order valence-electron chi connectivity index (χ0n) is 18.2. The fourth-order valence-corrected chi connectivity index (χ4v) is 4.23. The molecule has 0 unspecified atom stereocenters. The number of ether oxygens (including phenoxy) is 2. The van der Waals surface area contributed by atoms with Crippen LogP contribution < -0.4 is 25.4 Å². The van der Waals surface area contributed by atoms with E-state index < -0.39 is 6.04 Å². The van der Waals surface area contributed by atoms with Gasteiger partial charge in [-0.2, -0.15) is 0 Å². The van der Waals surface area contributed by atoms with Crippen molar-refractivity contribution in [2.24, 2.45) is 0 Å². The minimum atomic E-state index is -0.479. The summed E-state index contributed by atoms with van der Waals surface area (Å²) in [5.41, 5.74) is 2.78. The van der Waals surface area contributed by atoms with Gasteiger partial charge in [-0.15, -0.1) is 0 Å². The molecule has 7 heteroatoms. The van der Waals surface area contributed by atoms with E-state index in [1.807, 2.05) is 74.5 Å². The molecule has 3 aromatic carbocycles. The molecular formula is C25H25N3O3S. The quantitative estimate of drug-likeness (QED) is 0.477. The molecule has 4 rings (SSSR count). The van der Waals surface area contributed by atoms with E-state index in [1.54, 1.807) is 7.11 Å². The Morgan fingerprint density at radius 2 is 1.84 bits per heavy atom. The molecule has 0 aromatic heterocycles. The van der Waals surface area contributed by atoms with Gasteiger partial charge in [-0.25, -0.2) is 0 Å². The Balaban J connectivity index is 1.75. The van der Waals surface area contributed by atoms with E-state index in [0.29, 0.717) is 34.4 Å². The average molecular weight is 448 g/mol. The number of allylic oxidation sites excluding steroid dienone is 1. The molecule has 3 N–H and O–H groups in total. The van der Waals surface area contributed by atoms with Crippen LogP contribution in [0.5, 0.6) is 11.5 Å². The lowest BCUT2D eigenvalue weighted by atomic mass is 9.90. The Morgan fingerprint density at radius 3 is 2.56 bits per heavy atom. The smallest absolute Gasteiger partial charge is 0.255 e. The largest absolute Gasteiger partial charge is 0.496 e. The molecule has 0 saturated carbocycles. The Hall–Kier alpha value is -3.58. The number of nitrogens with one attached hydrogen (secondary N) is 3. The molecule has 0 saturated heterocycles. The van der Waals surface area contributed by atoms with Crippen molar-refractivity contribution in [2.45, 2.75) is 19.9 Å². The van der Waals surface area contributed by atoms with Crippen LogP contribution in [0, 0.1) is 0 Å². The number of anilines is 1. The van der Waals surface area contributed by atoms with Crippen molar-refractivity contribution in [1.82, 2.24) is 10.6 Å². The summed E-state index contributed by atoms with van der Waals surface area (Å²) in [5, 5.41) is 11.9. The highest BCUT2D eigenvalue weighted by Crippen LogP contribution is 2.38. The molecule has 1 aliphatic heterocycles. The van der Waals surface area contributed by atoms with E-state index in [4.69, 9.17) is 21.7 Å². The number of amides is 1. The first kappa shape index (κ1) is 21.6. The maximum Gasteiger partial charge on any atom is 0.255 e. The summed E-state index contributed by atoms with van der Waals surface area (Å²) in [5.74, 6) is 1.21. The third-order valence-electron chi connectivity index (χ3n) is 5.38. The summed E-state index contributed by atoms with van der Waals surface area (Å²) in [4.78, 5) is 13.5. The van der Waals surface area contributed by atoms with E-state index in [1.165, 1.54) is 0 Å². The van der Waals surface area contributed by atoms with Crippen LogP contribution in [0.15, 0.2) is 71.9 Å². The third kappa shape index (κ3) is 4.24. The summed E-state index contributed by atoms with van der Waals surface area (Å²) in [7, 11) is 1.63. The highest BCUT2D eigenvalue weighted by atomic mass is 32.1. The highest BCUT2D eigenvalue weighted by Gasteiger charge is 2.33. The molecule has 0 fully saturated rings. The van der Waals surface area contributed by atoms with Crippen LogP contribution >= 0.6 is 12.2 Å². The molecule has 1 heterocycles. The molecule has 0 bridgehead atoms. The van der Waals surface area contributed by atoms with Crippen LogP contribution in [0.2, 0.25) is 0 Å². The molecule has 1 atom stereocenters. The predicted octanol–water partition coefficient (Wildman–Crippen LogP) is 4.68. The van der Waals surface area contributed by atoms with Gasteiger partial charge in [0.2, 0.25) is 0 Å². The molecule has 6 nitrogen and oxygen atoms in total. The lowest BCUT2D eigenvalue weighted by Gasteiger charge is -2.32. The summed E-state index contributed by atoms with van der Waals surface area (Å²) in [6.45, 7) is 4.37. The summed E-state index contributed by atoms with van der Waals surface area (Å²) in [6, 6.07) is 18.8. The number of hydrogen-bond donors (Lipinski definition) is 3. The zero-order chi connectivity index (χ0) is 22.7. The van der Waals surface area contributed by atoms with Crippen LogP contribution in [-0.4, -0.2) is 24.7 Å². The Kier molecular flexibility index (Phi) is 6.28. The normalized spacial score (nSPS) is 15.7. The second kappa shape index (κ2) is 9.28. The highest BCUT2D eigenvalue weighted by molar-refractivity contribution is 7.80. The van der Waals surface area contributed by atoms with Crippen LogP contribution in [0.1, 0.15) is 25.5 Å². The van der Waals surface area contributed by atoms with Crippen molar-refractivity contribution >= 4 is 39.7 Å². The maximum atomic E-state index is 13.5. The lowest BCUT2D eigenvalue weighted by molar-refractivity contribution is -0.113. The van der Waals surface area contributed by atoms with Crippen molar-refractivity contribution < 1.29 is 14.3 Å². The summed E-state index contributed by atoms with van der Waals surface area (Å²) >= 11 is 5.43. The van der Waals surface area contributed by atoms with Crippen molar-refractivity contribution in [2.75, 3.05) is 19.0 Å². The number of thiocarbonyl (C=S) groups is 1. The molecule has 0 radical (unpaired) electrons.